The lowest BCUT2D eigenvalue weighted by Gasteiger charge is -2.51. The van der Waals surface area contributed by atoms with Crippen molar-refractivity contribution in [3.63, 3.8) is 0 Å². The van der Waals surface area contributed by atoms with Gasteiger partial charge in [0.25, 0.3) is 0 Å². The second kappa shape index (κ2) is 8.26. The molecule has 0 aromatic heterocycles. The molecule has 0 saturated heterocycles. The molecule has 0 radical (unpaired) electrons. The highest BCUT2D eigenvalue weighted by Gasteiger charge is 2.47. The van der Waals surface area contributed by atoms with Crippen LogP contribution in [0.2, 0.25) is 0 Å². The molecule has 1 fully saturated rings. The van der Waals surface area contributed by atoms with Crippen LogP contribution >= 0.6 is 0 Å². The second-order valence-electron chi connectivity index (χ2n) is 8.91. The van der Waals surface area contributed by atoms with E-state index < -0.39 is 0 Å². The molecule has 0 bridgehead atoms. The summed E-state index contributed by atoms with van der Waals surface area (Å²) in [5.41, 5.74) is 4.01. The zero-order valence-corrected chi connectivity index (χ0v) is 16.8. The molecule has 0 heterocycles. The van der Waals surface area contributed by atoms with Crippen LogP contribution in [0.1, 0.15) is 55.2 Å². The third-order valence-electron chi connectivity index (χ3n) is 7.27. The zero-order valence-electron chi connectivity index (χ0n) is 16.8. The van der Waals surface area contributed by atoms with Crippen molar-refractivity contribution in [1.82, 2.24) is 0 Å². The molecular formula is C25H32O3. The summed E-state index contributed by atoms with van der Waals surface area (Å²) in [5.74, 6) is 2.44. The van der Waals surface area contributed by atoms with Gasteiger partial charge in [-0.15, -0.1) is 0 Å². The van der Waals surface area contributed by atoms with Crippen LogP contribution in [0.4, 0.5) is 0 Å². The van der Waals surface area contributed by atoms with E-state index in [1.54, 1.807) is 0 Å². The quantitative estimate of drug-likeness (QED) is 0.763. The molecule has 2 aromatic carbocycles. The molecule has 2 aliphatic carbocycles. The number of hydrogen-bond donors (Lipinski definition) is 2. The minimum Gasteiger partial charge on any atom is -0.489 e. The van der Waals surface area contributed by atoms with E-state index in [-0.39, 0.29) is 18.6 Å². The molecule has 1 saturated carbocycles. The molecule has 3 nitrogen and oxygen atoms in total. The third-order valence-corrected chi connectivity index (χ3v) is 7.27. The van der Waals surface area contributed by atoms with Gasteiger partial charge in [0, 0.05) is 13.2 Å². The number of hydrogen-bond acceptors (Lipinski definition) is 3. The Balaban J connectivity index is 1.52. The Kier molecular flexibility index (Phi) is 5.75. The summed E-state index contributed by atoms with van der Waals surface area (Å²) in [6.45, 7) is 3.24. The molecule has 0 amide bonds. The molecule has 4 atom stereocenters. The van der Waals surface area contributed by atoms with Gasteiger partial charge in [0.05, 0.1) is 0 Å². The number of benzene rings is 2. The van der Waals surface area contributed by atoms with Crippen molar-refractivity contribution < 1.29 is 14.9 Å². The van der Waals surface area contributed by atoms with Crippen molar-refractivity contribution in [2.75, 3.05) is 13.2 Å². The maximum absolute atomic E-state index is 10.0. The SMILES string of the molecule is C[C@]1(CO)CC[C@@H]2c3ccc(OCc4ccccc4)cc3CC[C@H]2[C@@H]1CCO. The van der Waals surface area contributed by atoms with Gasteiger partial charge in [-0.3, -0.25) is 0 Å². The monoisotopic (exact) mass is 380 g/mol. The van der Waals surface area contributed by atoms with E-state index in [1.165, 1.54) is 16.7 Å². The van der Waals surface area contributed by atoms with Crippen LogP contribution in [-0.2, 0) is 13.0 Å². The molecular weight excluding hydrogens is 348 g/mol. The summed E-state index contributed by atoms with van der Waals surface area (Å²) in [7, 11) is 0. The first-order chi connectivity index (χ1) is 13.6. The number of rotatable bonds is 6. The van der Waals surface area contributed by atoms with E-state index in [2.05, 4.69) is 37.3 Å². The fourth-order valence-corrected chi connectivity index (χ4v) is 5.68. The van der Waals surface area contributed by atoms with E-state index in [1.807, 2.05) is 18.2 Å². The van der Waals surface area contributed by atoms with Gasteiger partial charge in [-0.1, -0.05) is 43.3 Å². The van der Waals surface area contributed by atoms with Crippen LogP contribution in [-0.4, -0.2) is 23.4 Å². The smallest absolute Gasteiger partial charge is 0.120 e. The van der Waals surface area contributed by atoms with Gasteiger partial charge in [0.15, 0.2) is 0 Å². The highest BCUT2D eigenvalue weighted by Crippen LogP contribution is 2.55. The normalized spacial score (nSPS) is 29.0. The number of aliphatic hydroxyl groups is 2. The standard InChI is InChI=1S/C25H32O3/c1-25(17-27)13-11-22-21-10-8-20(28-16-18-5-3-2-4-6-18)15-19(21)7-9-23(22)24(25)12-14-26/h2-6,8,10,15,22-24,26-27H,7,9,11-14,16-17H2,1H3/t22-,23-,24+,25-/m1/s1. The maximum Gasteiger partial charge on any atom is 0.120 e. The molecule has 0 spiro atoms. The van der Waals surface area contributed by atoms with E-state index in [0.29, 0.717) is 24.4 Å². The van der Waals surface area contributed by atoms with Gasteiger partial charge >= 0.3 is 0 Å². The molecule has 2 aliphatic rings. The van der Waals surface area contributed by atoms with Crippen LogP contribution in [0.5, 0.6) is 5.75 Å². The molecule has 150 valence electrons. The first-order valence-corrected chi connectivity index (χ1v) is 10.7. The Morgan fingerprint density at radius 1 is 1.07 bits per heavy atom. The lowest BCUT2D eigenvalue weighted by molar-refractivity contribution is -0.0244. The minimum absolute atomic E-state index is 0.0554. The minimum atomic E-state index is -0.0554. The van der Waals surface area contributed by atoms with Crippen molar-refractivity contribution in [3.05, 3.63) is 65.2 Å². The highest BCUT2D eigenvalue weighted by atomic mass is 16.5. The first kappa shape index (κ1) is 19.5. The van der Waals surface area contributed by atoms with Crippen molar-refractivity contribution in [2.24, 2.45) is 17.3 Å². The lowest BCUT2D eigenvalue weighted by Crippen LogP contribution is -2.45. The molecule has 0 aliphatic heterocycles. The molecule has 4 rings (SSSR count). The lowest BCUT2D eigenvalue weighted by atomic mass is 9.54. The Hall–Kier alpha value is -1.84. The van der Waals surface area contributed by atoms with Gasteiger partial charge in [0.1, 0.15) is 12.4 Å². The van der Waals surface area contributed by atoms with Crippen LogP contribution in [0.25, 0.3) is 0 Å². The Morgan fingerprint density at radius 2 is 1.89 bits per heavy atom. The predicted octanol–water partition coefficient (Wildman–Crippen LogP) is 4.70. The average molecular weight is 381 g/mol. The molecule has 3 heteroatoms. The summed E-state index contributed by atoms with van der Waals surface area (Å²) in [6, 6.07) is 16.9. The van der Waals surface area contributed by atoms with E-state index in [4.69, 9.17) is 4.74 Å². The van der Waals surface area contributed by atoms with Crippen LogP contribution in [0.15, 0.2) is 48.5 Å². The Bertz CT molecular complexity index is 788. The number of ether oxygens (including phenoxy) is 1. The Labute approximate surface area is 168 Å². The fourth-order valence-electron chi connectivity index (χ4n) is 5.68. The summed E-state index contributed by atoms with van der Waals surface area (Å²) in [4.78, 5) is 0. The third kappa shape index (κ3) is 3.70. The summed E-state index contributed by atoms with van der Waals surface area (Å²) < 4.78 is 6.04. The molecule has 2 aromatic rings. The van der Waals surface area contributed by atoms with Crippen molar-refractivity contribution >= 4 is 0 Å². The molecule has 0 unspecified atom stereocenters. The van der Waals surface area contributed by atoms with Gasteiger partial charge in [-0.2, -0.15) is 0 Å². The zero-order chi connectivity index (χ0) is 19.6. The summed E-state index contributed by atoms with van der Waals surface area (Å²) >= 11 is 0. The van der Waals surface area contributed by atoms with Crippen molar-refractivity contribution in [2.45, 2.75) is 51.6 Å². The second-order valence-corrected chi connectivity index (χ2v) is 8.91. The van der Waals surface area contributed by atoms with Gasteiger partial charge in [-0.25, -0.2) is 0 Å². The van der Waals surface area contributed by atoms with E-state index in [9.17, 15) is 10.2 Å². The maximum atomic E-state index is 10.0. The van der Waals surface area contributed by atoms with Crippen LogP contribution < -0.4 is 4.74 Å². The van der Waals surface area contributed by atoms with Crippen LogP contribution in [0, 0.1) is 17.3 Å². The van der Waals surface area contributed by atoms with Crippen LogP contribution in [0.3, 0.4) is 0 Å². The first-order valence-electron chi connectivity index (χ1n) is 10.7. The number of aryl methyl sites for hydroxylation is 1. The number of aliphatic hydroxyl groups excluding tert-OH is 2. The number of fused-ring (bicyclic) bond motifs is 3. The van der Waals surface area contributed by atoms with Gasteiger partial charge in [0.2, 0.25) is 0 Å². The molecule has 2 N–H and O–H groups in total. The summed E-state index contributed by atoms with van der Waals surface area (Å²) in [5, 5.41) is 19.6. The predicted molar refractivity (Wildman–Crippen MR) is 111 cm³/mol. The molecule has 28 heavy (non-hydrogen) atoms. The average Bonchev–Trinajstić information content (AvgIpc) is 2.74. The van der Waals surface area contributed by atoms with Gasteiger partial charge in [-0.05, 0) is 84.1 Å². The van der Waals surface area contributed by atoms with E-state index in [0.717, 1.165) is 37.9 Å². The highest BCUT2D eigenvalue weighted by molar-refractivity contribution is 5.40. The van der Waals surface area contributed by atoms with Crippen molar-refractivity contribution in [1.29, 1.82) is 0 Å². The summed E-state index contributed by atoms with van der Waals surface area (Å²) in [6.07, 6.45) is 5.15. The largest absolute Gasteiger partial charge is 0.489 e. The van der Waals surface area contributed by atoms with Gasteiger partial charge < -0.3 is 14.9 Å². The topological polar surface area (TPSA) is 49.7 Å². The fraction of sp³-hybridized carbons (Fsp3) is 0.520. The van der Waals surface area contributed by atoms with Crippen molar-refractivity contribution in [3.8, 4) is 5.75 Å². The Morgan fingerprint density at radius 3 is 2.64 bits per heavy atom. The van der Waals surface area contributed by atoms with E-state index >= 15 is 0 Å².